The van der Waals surface area contributed by atoms with Crippen molar-refractivity contribution in [2.45, 2.75) is 12.2 Å². The van der Waals surface area contributed by atoms with E-state index in [0.717, 1.165) is 12.1 Å². The van der Waals surface area contributed by atoms with Gasteiger partial charge in [0.15, 0.2) is 5.82 Å². The summed E-state index contributed by atoms with van der Waals surface area (Å²) < 4.78 is 38.8. The number of nitrogens with one attached hydrogen (secondary N) is 3. The van der Waals surface area contributed by atoms with Crippen LogP contribution in [0.15, 0.2) is 48.9 Å². The van der Waals surface area contributed by atoms with Crippen LogP contribution in [0, 0.1) is 0 Å². The Morgan fingerprint density at radius 1 is 1.21 bits per heavy atom. The normalized spacial score (nSPS) is 12.8. The largest absolute Gasteiger partial charge is 0.416 e. The minimum absolute atomic E-state index is 0.231. The lowest BCUT2D eigenvalue weighted by Gasteiger charge is -2.18. The van der Waals surface area contributed by atoms with Gasteiger partial charge in [0.1, 0.15) is 18.1 Å². The van der Waals surface area contributed by atoms with Crippen LogP contribution in [0.2, 0.25) is 0 Å². The number of alkyl halides is 3. The van der Waals surface area contributed by atoms with E-state index >= 15 is 0 Å². The number of H-pyrrole nitrogens is 2. The van der Waals surface area contributed by atoms with E-state index < -0.39 is 23.7 Å². The summed E-state index contributed by atoms with van der Waals surface area (Å²) in [6.07, 6.45) is -1.69. The molecule has 3 rings (SSSR count). The van der Waals surface area contributed by atoms with E-state index in [0.29, 0.717) is 0 Å². The number of amides is 1. The molecule has 1 atom stereocenters. The van der Waals surface area contributed by atoms with Gasteiger partial charge in [0.25, 0.3) is 5.91 Å². The highest BCUT2D eigenvalue weighted by Crippen LogP contribution is 2.31. The number of hydrogen-bond donors (Lipinski definition) is 3. The fourth-order valence-corrected chi connectivity index (χ4v) is 2.24. The van der Waals surface area contributed by atoms with E-state index in [4.69, 9.17) is 0 Å². The summed E-state index contributed by atoms with van der Waals surface area (Å²) in [4.78, 5) is 18.9. The first-order chi connectivity index (χ1) is 11.4. The first-order valence-electron chi connectivity index (χ1n) is 6.92. The van der Waals surface area contributed by atoms with Crippen LogP contribution < -0.4 is 5.32 Å². The average molecular weight is 335 g/mol. The van der Waals surface area contributed by atoms with Gasteiger partial charge in [-0.3, -0.25) is 9.89 Å². The molecule has 3 N–H and O–H groups in total. The number of nitrogens with zero attached hydrogens (tertiary/aromatic N) is 2. The average Bonchev–Trinajstić information content (AvgIpc) is 3.25. The Hall–Kier alpha value is -3.10. The van der Waals surface area contributed by atoms with Gasteiger partial charge in [-0.25, -0.2) is 4.98 Å². The highest BCUT2D eigenvalue weighted by atomic mass is 19.4. The second-order valence-corrected chi connectivity index (χ2v) is 4.98. The molecule has 6 nitrogen and oxygen atoms in total. The molecule has 0 fully saturated rings. The number of carbonyl (C=O) groups excluding carboxylic acids is 1. The topological polar surface area (TPSA) is 86.5 Å². The molecule has 1 aromatic carbocycles. The van der Waals surface area contributed by atoms with Gasteiger partial charge in [0.05, 0.1) is 5.56 Å². The number of carbonyl (C=O) groups is 1. The summed E-state index contributed by atoms with van der Waals surface area (Å²) in [5.41, 5.74) is -0.286. The van der Waals surface area contributed by atoms with Crippen molar-refractivity contribution in [1.82, 2.24) is 25.5 Å². The summed E-state index contributed by atoms with van der Waals surface area (Å²) in [5.74, 6) is -0.243. The van der Waals surface area contributed by atoms with E-state index in [-0.39, 0.29) is 17.1 Å². The molecule has 0 saturated carbocycles. The summed E-state index contributed by atoms with van der Waals surface area (Å²) in [6.45, 7) is 0. The lowest BCUT2D eigenvalue weighted by atomic mass is 10.0. The Morgan fingerprint density at radius 2 is 2.04 bits per heavy atom. The molecular weight excluding hydrogens is 323 g/mol. The maximum Gasteiger partial charge on any atom is 0.416 e. The van der Waals surface area contributed by atoms with Crippen molar-refractivity contribution in [2.24, 2.45) is 0 Å². The Kier molecular flexibility index (Phi) is 4.07. The van der Waals surface area contributed by atoms with Crippen LogP contribution in [0.3, 0.4) is 0 Å². The lowest BCUT2D eigenvalue weighted by Crippen LogP contribution is -2.30. The molecule has 2 aromatic heterocycles. The number of benzene rings is 1. The zero-order valence-corrected chi connectivity index (χ0v) is 12.1. The smallest absolute Gasteiger partial charge is 0.357 e. The molecule has 0 aliphatic rings. The first-order valence-corrected chi connectivity index (χ1v) is 6.92. The molecule has 0 bridgehead atoms. The third kappa shape index (κ3) is 3.29. The number of rotatable bonds is 4. The van der Waals surface area contributed by atoms with Gasteiger partial charge in [-0.2, -0.15) is 18.3 Å². The molecule has 0 aliphatic carbocycles. The number of aromatic nitrogens is 4. The Morgan fingerprint density at radius 3 is 2.67 bits per heavy atom. The Balaban J connectivity index is 1.96. The van der Waals surface area contributed by atoms with Crippen LogP contribution in [0.1, 0.15) is 33.5 Å². The minimum atomic E-state index is -4.48. The number of aromatic amines is 2. The maximum absolute atomic E-state index is 12.9. The van der Waals surface area contributed by atoms with Crippen molar-refractivity contribution in [3.63, 3.8) is 0 Å². The first kappa shape index (κ1) is 15.8. The van der Waals surface area contributed by atoms with Crippen molar-refractivity contribution >= 4 is 5.91 Å². The van der Waals surface area contributed by atoms with E-state index in [1.807, 2.05) is 0 Å². The van der Waals surface area contributed by atoms with Gasteiger partial charge < -0.3 is 10.3 Å². The molecule has 1 amide bonds. The third-order valence-electron chi connectivity index (χ3n) is 3.37. The van der Waals surface area contributed by atoms with Crippen LogP contribution in [-0.2, 0) is 6.18 Å². The van der Waals surface area contributed by atoms with Crippen LogP contribution >= 0.6 is 0 Å². The highest BCUT2D eigenvalue weighted by Gasteiger charge is 2.31. The number of hydrogen-bond acceptors (Lipinski definition) is 3. The van der Waals surface area contributed by atoms with Gasteiger partial charge in [-0.05, 0) is 29.8 Å². The SMILES string of the molecule is O=C(N[C@@H](c1cccc(C(F)(F)F)c1)c1ncn[nH]1)c1ccc[nH]1. The molecule has 0 aliphatic heterocycles. The standard InChI is InChI=1S/C15H12F3N5O/c16-15(17,18)10-4-1-3-9(7-10)12(13-20-8-21-23-13)22-14(24)11-5-2-6-19-11/h1-8,12,19H,(H,22,24)(H,20,21,23)/t12-/m0/s1. The predicted molar refractivity (Wildman–Crippen MR) is 77.9 cm³/mol. The van der Waals surface area contributed by atoms with Crippen molar-refractivity contribution < 1.29 is 18.0 Å². The van der Waals surface area contributed by atoms with Crippen molar-refractivity contribution in [2.75, 3.05) is 0 Å². The predicted octanol–water partition coefficient (Wildman–Crippen LogP) is 2.67. The molecule has 24 heavy (non-hydrogen) atoms. The molecule has 3 aromatic rings. The molecule has 9 heteroatoms. The monoisotopic (exact) mass is 335 g/mol. The Bertz CT molecular complexity index is 812. The fraction of sp³-hybridized carbons (Fsp3) is 0.133. The molecule has 0 radical (unpaired) electrons. The van der Waals surface area contributed by atoms with Gasteiger partial charge in [0.2, 0.25) is 0 Å². The van der Waals surface area contributed by atoms with Crippen LogP contribution in [-0.4, -0.2) is 26.1 Å². The minimum Gasteiger partial charge on any atom is -0.357 e. The summed E-state index contributed by atoms with van der Waals surface area (Å²) in [6, 6.07) is 7.00. The Labute approximate surface area is 134 Å². The van der Waals surface area contributed by atoms with Crippen LogP contribution in [0.25, 0.3) is 0 Å². The van der Waals surface area contributed by atoms with E-state index in [1.165, 1.54) is 18.5 Å². The van der Waals surface area contributed by atoms with Crippen LogP contribution in [0.4, 0.5) is 13.2 Å². The third-order valence-corrected chi connectivity index (χ3v) is 3.37. The molecule has 0 spiro atoms. The zero-order chi connectivity index (χ0) is 17.2. The molecule has 2 heterocycles. The highest BCUT2D eigenvalue weighted by molar-refractivity contribution is 5.92. The van der Waals surface area contributed by atoms with Gasteiger partial charge >= 0.3 is 6.18 Å². The number of halogens is 3. The summed E-state index contributed by atoms with van der Waals surface area (Å²) in [7, 11) is 0. The van der Waals surface area contributed by atoms with Gasteiger partial charge in [0, 0.05) is 6.20 Å². The van der Waals surface area contributed by atoms with Crippen molar-refractivity contribution in [3.05, 3.63) is 71.6 Å². The van der Waals surface area contributed by atoms with Gasteiger partial charge in [-0.15, -0.1) is 0 Å². The van der Waals surface area contributed by atoms with Gasteiger partial charge in [-0.1, -0.05) is 12.1 Å². The van der Waals surface area contributed by atoms with Crippen molar-refractivity contribution in [1.29, 1.82) is 0 Å². The molecule has 0 unspecified atom stereocenters. The lowest BCUT2D eigenvalue weighted by molar-refractivity contribution is -0.137. The second-order valence-electron chi connectivity index (χ2n) is 4.98. The van der Waals surface area contributed by atoms with Crippen molar-refractivity contribution in [3.8, 4) is 0 Å². The maximum atomic E-state index is 12.9. The quantitative estimate of drug-likeness (QED) is 0.685. The van der Waals surface area contributed by atoms with E-state index in [2.05, 4.69) is 25.5 Å². The molecule has 124 valence electrons. The zero-order valence-electron chi connectivity index (χ0n) is 12.1. The summed E-state index contributed by atoms with van der Waals surface area (Å²) >= 11 is 0. The molecule has 0 saturated heterocycles. The molecular formula is C15H12F3N5O. The van der Waals surface area contributed by atoms with E-state index in [1.54, 1.807) is 18.3 Å². The second kappa shape index (κ2) is 6.19. The van der Waals surface area contributed by atoms with E-state index in [9.17, 15) is 18.0 Å². The van der Waals surface area contributed by atoms with Crippen LogP contribution in [0.5, 0.6) is 0 Å². The summed E-state index contributed by atoms with van der Waals surface area (Å²) in [5, 5.41) is 8.92. The fourth-order valence-electron chi connectivity index (χ4n) is 2.24.